The molecule has 30 heavy (non-hydrogen) atoms. The van der Waals surface area contributed by atoms with Crippen molar-refractivity contribution in [3.05, 3.63) is 45.9 Å². The minimum atomic E-state index is 0.0280. The van der Waals surface area contributed by atoms with Crippen molar-refractivity contribution in [2.24, 2.45) is 5.92 Å². The minimum Gasteiger partial charge on any atom is -0.378 e. The summed E-state index contributed by atoms with van der Waals surface area (Å²) in [4.78, 5) is 34.9. The van der Waals surface area contributed by atoms with Gasteiger partial charge in [-0.15, -0.1) is 23.1 Å². The van der Waals surface area contributed by atoms with Crippen molar-refractivity contribution in [2.75, 3.05) is 39.4 Å². The Morgan fingerprint density at radius 2 is 1.80 bits per heavy atom. The highest BCUT2D eigenvalue weighted by molar-refractivity contribution is 7.98. The predicted molar refractivity (Wildman–Crippen MR) is 119 cm³/mol. The van der Waals surface area contributed by atoms with E-state index in [1.54, 1.807) is 23.1 Å². The molecule has 0 radical (unpaired) electrons. The SMILES string of the molecule is Cc1nc(CSc2ccc(C(=O)N3CCC(C(=O)N4CCOCC4)CC3)cc2)cs1. The van der Waals surface area contributed by atoms with E-state index in [0.29, 0.717) is 45.0 Å². The maximum atomic E-state index is 12.9. The molecule has 0 aliphatic carbocycles. The lowest BCUT2D eigenvalue weighted by molar-refractivity contribution is -0.141. The predicted octanol–water partition coefficient (Wildman–Crippen LogP) is 3.45. The molecule has 0 saturated carbocycles. The Kier molecular flexibility index (Phi) is 7.07. The number of ether oxygens (including phenoxy) is 1. The lowest BCUT2D eigenvalue weighted by atomic mass is 9.94. The first-order valence-electron chi connectivity index (χ1n) is 10.4. The molecule has 160 valence electrons. The number of benzene rings is 1. The molecule has 2 aromatic rings. The van der Waals surface area contributed by atoms with Crippen LogP contribution in [0.15, 0.2) is 34.5 Å². The molecule has 3 heterocycles. The van der Waals surface area contributed by atoms with Crippen molar-refractivity contribution in [3.8, 4) is 0 Å². The first kappa shape index (κ1) is 21.3. The third-order valence-corrected chi connectivity index (χ3v) is 7.48. The van der Waals surface area contributed by atoms with Gasteiger partial charge in [0.15, 0.2) is 0 Å². The molecule has 2 saturated heterocycles. The van der Waals surface area contributed by atoms with Gasteiger partial charge in [0, 0.05) is 53.7 Å². The van der Waals surface area contributed by atoms with E-state index >= 15 is 0 Å². The van der Waals surface area contributed by atoms with Crippen LogP contribution in [0.1, 0.15) is 33.9 Å². The Morgan fingerprint density at radius 1 is 1.10 bits per heavy atom. The number of rotatable bonds is 5. The maximum Gasteiger partial charge on any atom is 0.253 e. The third-order valence-electron chi connectivity index (χ3n) is 5.61. The number of nitrogens with zero attached hydrogens (tertiary/aromatic N) is 3. The van der Waals surface area contributed by atoms with Gasteiger partial charge in [-0.25, -0.2) is 4.98 Å². The van der Waals surface area contributed by atoms with Gasteiger partial charge in [-0.2, -0.15) is 0 Å². The number of aryl methyl sites for hydroxylation is 1. The largest absolute Gasteiger partial charge is 0.378 e. The van der Waals surface area contributed by atoms with E-state index in [9.17, 15) is 9.59 Å². The molecule has 0 N–H and O–H groups in total. The standard InChI is InChI=1S/C22H27N3O3S2/c1-16-23-19(14-29-16)15-30-20-4-2-17(3-5-20)21(26)24-8-6-18(7-9-24)22(27)25-10-12-28-13-11-25/h2-5,14,18H,6-13,15H2,1H3. The average molecular weight is 446 g/mol. The fourth-order valence-electron chi connectivity index (χ4n) is 3.88. The van der Waals surface area contributed by atoms with Crippen LogP contribution in [-0.4, -0.2) is 66.0 Å². The summed E-state index contributed by atoms with van der Waals surface area (Å²) < 4.78 is 5.33. The third kappa shape index (κ3) is 5.22. The second kappa shape index (κ2) is 9.94. The molecule has 6 nitrogen and oxygen atoms in total. The first-order chi connectivity index (χ1) is 14.6. The highest BCUT2D eigenvalue weighted by Crippen LogP contribution is 2.25. The van der Waals surface area contributed by atoms with Gasteiger partial charge >= 0.3 is 0 Å². The molecule has 2 amide bonds. The van der Waals surface area contributed by atoms with Crippen molar-refractivity contribution in [3.63, 3.8) is 0 Å². The Labute approximate surface area is 185 Å². The van der Waals surface area contributed by atoms with E-state index in [4.69, 9.17) is 4.74 Å². The Bertz CT molecular complexity index is 870. The number of thiazole rings is 1. The summed E-state index contributed by atoms with van der Waals surface area (Å²) in [5.41, 5.74) is 1.80. The summed E-state index contributed by atoms with van der Waals surface area (Å²) in [7, 11) is 0. The van der Waals surface area contributed by atoms with Gasteiger partial charge in [0.1, 0.15) is 0 Å². The highest BCUT2D eigenvalue weighted by Gasteiger charge is 2.31. The average Bonchev–Trinajstić information content (AvgIpc) is 3.23. The zero-order chi connectivity index (χ0) is 20.9. The van der Waals surface area contributed by atoms with Crippen LogP contribution in [0, 0.1) is 12.8 Å². The van der Waals surface area contributed by atoms with Crippen LogP contribution in [0.25, 0.3) is 0 Å². The van der Waals surface area contributed by atoms with Crippen molar-refractivity contribution in [2.45, 2.75) is 30.4 Å². The smallest absolute Gasteiger partial charge is 0.253 e. The summed E-state index contributed by atoms with van der Waals surface area (Å²) in [5, 5.41) is 3.18. The number of carbonyl (C=O) groups excluding carboxylic acids is 2. The van der Waals surface area contributed by atoms with E-state index in [1.807, 2.05) is 41.0 Å². The molecule has 2 aliphatic rings. The molecule has 0 unspecified atom stereocenters. The molecule has 4 rings (SSSR count). The zero-order valence-electron chi connectivity index (χ0n) is 17.2. The molecule has 0 spiro atoms. The lowest BCUT2D eigenvalue weighted by Gasteiger charge is -2.35. The number of amides is 2. The van der Waals surface area contributed by atoms with Crippen molar-refractivity contribution >= 4 is 34.9 Å². The molecule has 1 aromatic carbocycles. The highest BCUT2D eigenvalue weighted by atomic mass is 32.2. The van der Waals surface area contributed by atoms with Gasteiger partial charge in [-0.1, -0.05) is 0 Å². The van der Waals surface area contributed by atoms with Gasteiger partial charge in [-0.3, -0.25) is 9.59 Å². The Morgan fingerprint density at radius 3 is 2.43 bits per heavy atom. The van der Waals surface area contributed by atoms with E-state index < -0.39 is 0 Å². The molecule has 1 aromatic heterocycles. The quantitative estimate of drug-likeness (QED) is 0.660. The van der Waals surface area contributed by atoms with E-state index in [1.165, 1.54) is 0 Å². The van der Waals surface area contributed by atoms with E-state index in [-0.39, 0.29) is 17.7 Å². The van der Waals surface area contributed by atoms with Crippen LogP contribution in [0.3, 0.4) is 0 Å². The van der Waals surface area contributed by atoms with E-state index in [2.05, 4.69) is 10.4 Å². The molecule has 8 heteroatoms. The fourth-order valence-corrected chi connectivity index (χ4v) is 5.39. The van der Waals surface area contributed by atoms with Crippen LogP contribution in [0.2, 0.25) is 0 Å². The van der Waals surface area contributed by atoms with Crippen molar-refractivity contribution < 1.29 is 14.3 Å². The van der Waals surface area contributed by atoms with Crippen LogP contribution in [0.5, 0.6) is 0 Å². The number of hydrogen-bond acceptors (Lipinski definition) is 6. The zero-order valence-corrected chi connectivity index (χ0v) is 18.8. The summed E-state index contributed by atoms with van der Waals surface area (Å²) in [6.07, 6.45) is 1.48. The molecular weight excluding hydrogens is 418 g/mol. The number of morpholine rings is 1. The number of carbonyl (C=O) groups is 2. The van der Waals surface area contributed by atoms with E-state index in [0.717, 1.165) is 34.2 Å². The van der Waals surface area contributed by atoms with Crippen molar-refractivity contribution in [1.82, 2.24) is 14.8 Å². The van der Waals surface area contributed by atoms with Gasteiger partial charge in [0.2, 0.25) is 5.91 Å². The second-order valence-electron chi connectivity index (χ2n) is 7.68. The van der Waals surface area contributed by atoms with Crippen molar-refractivity contribution in [1.29, 1.82) is 0 Å². The number of hydrogen-bond donors (Lipinski definition) is 0. The van der Waals surface area contributed by atoms with Gasteiger partial charge < -0.3 is 14.5 Å². The summed E-state index contributed by atoms with van der Waals surface area (Å²) >= 11 is 3.40. The van der Waals surface area contributed by atoms with Crippen LogP contribution in [0.4, 0.5) is 0 Å². The van der Waals surface area contributed by atoms with Crippen LogP contribution < -0.4 is 0 Å². The van der Waals surface area contributed by atoms with Crippen LogP contribution in [-0.2, 0) is 15.3 Å². The first-order valence-corrected chi connectivity index (χ1v) is 12.3. The summed E-state index contributed by atoms with van der Waals surface area (Å²) in [6, 6.07) is 7.82. The molecular formula is C22H27N3O3S2. The number of piperidine rings is 1. The number of aromatic nitrogens is 1. The molecule has 0 atom stereocenters. The number of thioether (sulfide) groups is 1. The maximum absolute atomic E-state index is 12.9. The monoisotopic (exact) mass is 445 g/mol. The topological polar surface area (TPSA) is 62.7 Å². The lowest BCUT2D eigenvalue weighted by Crippen LogP contribution is -2.47. The van der Waals surface area contributed by atoms with Gasteiger partial charge in [-0.05, 0) is 44.0 Å². The molecule has 2 aliphatic heterocycles. The summed E-state index contributed by atoms with van der Waals surface area (Å²) in [6.45, 7) is 5.91. The fraction of sp³-hybridized carbons (Fsp3) is 0.500. The summed E-state index contributed by atoms with van der Waals surface area (Å²) in [5.74, 6) is 1.14. The van der Waals surface area contributed by atoms with Crippen LogP contribution >= 0.6 is 23.1 Å². The Hall–Kier alpha value is -1.90. The Balaban J connectivity index is 1.27. The normalized spacial score (nSPS) is 17.9. The minimum absolute atomic E-state index is 0.0280. The molecule has 0 bridgehead atoms. The second-order valence-corrected chi connectivity index (χ2v) is 9.79. The molecule has 2 fully saturated rings. The van der Waals surface area contributed by atoms with Gasteiger partial charge in [0.25, 0.3) is 5.91 Å². The van der Waals surface area contributed by atoms with Gasteiger partial charge in [0.05, 0.1) is 23.9 Å². The number of likely N-dealkylation sites (tertiary alicyclic amines) is 1.